The summed E-state index contributed by atoms with van der Waals surface area (Å²) in [6, 6.07) is 11.0. The molecule has 0 aromatic heterocycles. The van der Waals surface area contributed by atoms with E-state index in [2.05, 4.69) is 30.3 Å². The summed E-state index contributed by atoms with van der Waals surface area (Å²) < 4.78 is 0. The van der Waals surface area contributed by atoms with Gasteiger partial charge in [-0.15, -0.1) is 0 Å². The Kier molecular flexibility index (Phi) is 5.05. The number of hydrogen-bond donors (Lipinski definition) is 2. The van der Waals surface area contributed by atoms with Crippen LogP contribution in [0.1, 0.15) is 56.9 Å². The molecule has 0 atom stereocenters. The van der Waals surface area contributed by atoms with Crippen molar-refractivity contribution in [3.8, 4) is 0 Å². The second kappa shape index (κ2) is 7.04. The molecule has 0 spiro atoms. The van der Waals surface area contributed by atoms with E-state index in [0.29, 0.717) is 11.8 Å². The van der Waals surface area contributed by atoms with Crippen molar-refractivity contribution in [2.75, 3.05) is 6.54 Å². The standard InChI is InChI=1S/C20H29NO2/c21-14-15-10-12-20(13-11-15,17-4-2-1-3-5-17)18-8-6-16(7-9-18)19(22)23/h1-5,15-16,18H,6-14,21H2,(H,22,23). The number of carboxylic acid groups (broad SMARTS) is 1. The molecule has 2 fully saturated rings. The van der Waals surface area contributed by atoms with Gasteiger partial charge < -0.3 is 10.8 Å². The minimum absolute atomic E-state index is 0.126. The van der Waals surface area contributed by atoms with Crippen LogP contribution in [0.4, 0.5) is 0 Å². The Morgan fingerprint density at radius 3 is 2.17 bits per heavy atom. The summed E-state index contributed by atoms with van der Waals surface area (Å²) in [6.07, 6.45) is 8.64. The molecular formula is C20H29NO2. The summed E-state index contributed by atoms with van der Waals surface area (Å²) in [5.41, 5.74) is 7.61. The Morgan fingerprint density at radius 1 is 1.04 bits per heavy atom. The second-order valence-corrected chi connectivity index (χ2v) is 7.59. The highest BCUT2D eigenvalue weighted by Gasteiger charge is 2.44. The molecule has 3 N–H and O–H groups in total. The van der Waals surface area contributed by atoms with E-state index in [0.717, 1.165) is 32.2 Å². The zero-order chi connectivity index (χ0) is 16.3. The Morgan fingerprint density at radius 2 is 1.65 bits per heavy atom. The van der Waals surface area contributed by atoms with Crippen LogP contribution in [0.15, 0.2) is 30.3 Å². The highest BCUT2D eigenvalue weighted by Crippen LogP contribution is 2.51. The Hall–Kier alpha value is -1.35. The van der Waals surface area contributed by atoms with E-state index in [1.807, 2.05) is 0 Å². The first-order valence-corrected chi connectivity index (χ1v) is 9.14. The van der Waals surface area contributed by atoms with Crippen LogP contribution >= 0.6 is 0 Å². The van der Waals surface area contributed by atoms with Crippen molar-refractivity contribution in [2.24, 2.45) is 23.5 Å². The number of carboxylic acids is 1. The van der Waals surface area contributed by atoms with Gasteiger partial charge in [-0.1, -0.05) is 30.3 Å². The number of hydrogen-bond acceptors (Lipinski definition) is 2. The van der Waals surface area contributed by atoms with Crippen molar-refractivity contribution in [3.05, 3.63) is 35.9 Å². The van der Waals surface area contributed by atoms with Gasteiger partial charge in [-0.2, -0.15) is 0 Å². The number of nitrogens with two attached hydrogens (primary N) is 1. The molecule has 0 saturated heterocycles. The molecule has 0 unspecified atom stereocenters. The fraction of sp³-hybridized carbons (Fsp3) is 0.650. The van der Waals surface area contributed by atoms with E-state index in [1.165, 1.54) is 31.2 Å². The van der Waals surface area contributed by atoms with Gasteiger partial charge in [0.25, 0.3) is 0 Å². The Balaban J connectivity index is 1.81. The summed E-state index contributed by atoms with van der Waals surface area (Å²) in [4.78, 5) is 11.3. The molecular weight excluding hydrogens is 286 g/mol. The molecule has 0 amide bonds. The van der Waals surface area contributed by atoms with Crippen molar-refractivity contribution in [2.45, 2.75) is 56.8 Å². The minimum atomic E-state index is -0.607. The fourth-order valence-corrected chi connectivity index (χ4v) is 5.02. The lowest BCUT2D eigenvalue weighted by Gasteiger charge is -2.48. The van der Waals surface area contributed by atoms with Crippen LogP contribution in [0.3, 0.4) is 0 Å². The number of benzene rings is 1. The van der Waals surface area contributed by atoms with E-state index in [-0.39, 0.29) is 11.3 Å². The largest absolute Gasteiger partial charge is 0.481 e. The van der Waals surface area contributed by atoms with Crippen LogP contribution in [0, 0.1) is 17.8 Å². The summed E-state index contributed by atoms with van der Waals surface area (Å²) in [6.45, 7) is 0.802. The SMILES string of the molecule is NCC1CCC(c2ccccc2)(C2CCC(C(=O)O)CC2)CC1. The average Bonchev–Trinajstić information content (AvgIpc) is 2.62. The van der Waals surface area contributed by atoms with Crippen molar-refractivity contribution < 1.29 is 9.90 Å². The lowest BCUT2D eigenvalue weighted by atomic mass is 9.56. The Labute approximate surface area is 139 Å². The molecule has 1 aromatic carbocycles. The quantitative estimate of drug-likeness (QED) is 0.884. The first kappa shape index (κ1) is 16.5. The molecule has 126 valence electrons. The number of rotatable bonds is 4. The van der Waals surface area contributed by atoms with Crippen molar-refractivity contribution in [3.63, 3.8) is 0 Å². The van der Waals surface area contributed by atoms with Crippen molar-refractivity contribution in [1.82, 2.24) is 0 Å². The lowest BCUT2D eigenvalue weighted by molar-refractivity contribution is -0.143. The molecule has 23 heavy (non-hydrogen) atoms. The van der Waals surface area contributed by atoms with Gasteiger partial charge in [-0.3, -0.25) is 4.79 Å². The third kappa shape index (κ3) is 3.30. The van der Waals surface area contributed by atoms with Crippen molar-refractivity contribution >= 4 is 5.97 Å². The van der Waals surface area contributed by atoms with Crippen LogP contribution in [0.2, 0.25) is 0 Å². The molecule has 2 aliphatic carbocycles. The average molecular weight is 315 g/mol. The zero-order valence-corrected chi connectivity index (χ0v) is 13.9. The molecule has 3 heteroatoms. The molecule has 1 aromatic rings. The van der Waals surface area contributed by atoms with Gasteiger partial charge in [0.2, 0.25) is 0 Å². The highest BCUT2D eigenvalue weighted by molar-refractivity contribution is 5.70. The third-order valence-corrected chi connectivity index (χ3v) is 6.54. The predicted octanol–water partition coefficient (Wildman–Crippen LogP) is 3.96. The topological polar surface area (TPSA) is 63.3 Å². The highest BCUT2D eigenvalue weighted by atomic mass is 16.4. The minimum Gasteiger partial charge on any atom is -0.481 e. The van der Waals surface area contributed by atoms with Gasteiger partial charge >= 0.3 is 5.97 Å². The van der Waals surface area contributed by atoms with Crippen LogP contribution in [-0.2, 0) is 10.2 Å². The molecule has 2 aliphatic rings. The maximum atomic E-state index is 11.3. The van der Waals surface area contributed by atoms with Gasteiger partial charge in [0, 0.05) is 0 Å². The summed E-state index contributed by atoms with van der Waals surface area (Å²) in [5, 5.41) is 9.27. The molecule has 0 aliphatic heterocycles. The molecule has 0 bridgehead atoms. The molecule has 3 rings (SSSR count). The predicted molar refractivity (Wildman–Crippen MR) is 92.2 cm³/mol. The van der Waals surface area contributed by atoms with Crippen LogP contribution in [0.25, 0.3) is 0 Å². The van der Waals surface area contributed by atoms with E-state index in [1.54, 1.807) is 0 Å². The summed E-state index contributed by atoms with van der Waals surface area (Å²) in [7, 11) is 0. The Bertz CT molecular complexity index is 512. The fourth-order valence-electron chi connectivity index (χ4n) is 5.02. The maximum Gasteiger partial charge on any atom is 0.306 e. The smallest absolute Gasteiger partial charge is 0.306 e. The third-order valence-electron chi connectivity index (χ3n) is 6.54. The summed E-state index contributed by atoms with van der Waals surface area (Å²) >= 11 is 0. The number of carbonyl (C=O) groups is 1. The van der Waals surface area contributed by atoms with Gasteiger partial charge in [-0.25, -0.2) is 0 Å². The van der Waals surface area contributed by atoms with E-state index >= 15 is 0 Å². The molecule has 0 radical (unpaired) electrons. The zero-order valence-electron chi connectivity index (χ0n) is 13.9. The van der Waals surface area contributed by atoms with E-state index in [4.69, 9.17) is 5.73 Å². The van der Waals surface area contributed by atoms with Crippen molar-refractivity contribution in [1.29, 1.82) is 0 Å². The molecule has 0 heterocycles. The molecule has 2 saturated carbocycles. The van der Waals surface area contributed by atoms with Crippen LogP contribution in [0.5, 0.6) is 0 Å². The summed E-state index contributed by atoms with van der Waals surface area (Å²) in [5.74, 6) is 0.560. The second-order valence-electron chi connectivity index (χ2n) is 7.59. The van der Waals surface area contributed by atoms with Gasteiger partial charge in [0.1, 0.15) is 0 Å². The van der Waals surface area contributed by atoms with Gasteiger partial charge in [0.15, 0.2) is 0 Å². The van der Waals surface area contributed by atoms with Gasteiger partial charge in [-0.05, 0) is 80.7 Å². The monoisotopic (exact) mass is 315 g/mol. The van der Waals surface area contributed by atoms with Gasteiger partial charge in [0.05, 0.1) is 5.92 Å². The first-order chi connectivity index (χ1) is 11.2. The van der Waals surface area contributed by atoms with Crippen LogP contribution < -0.4 is 5.73 Å². The maximum absolute atomic E-state index is 11.3. The van der Waals surface area contributed by atoms with E-state index < -0.39 is 5.97 Å². The van der Waals surface area contributed by atoms with E-state index in [9.17, 15) is 9.90 Å². The first-order valence-electron chi connectivity index (χ1n) is 9.14. The normalized spacial score (nSPS) is 34.9. The number of aliphatic carboxylic acids is 1. The molecule has 3 nitrogen and oxygen atoms in total. The van der Waals surface area contributed by atoms with Crippen LogP contribution in [-0.4, -0.2) is 17.6 Å². The lowest BCUT2D eigenvalue weighted by Crippen LogP contribution is -2.42.